The van der Waals surface area contributed by atoms with Crippen LogP contribution in [-0.4, -0.2) is 18.0 Å². The number of carbonyl (C=O) groups is 2. The largest absolute Gasteiger partial charge is 0.446 e. The summed E-state index contributed by atoms with van der Waals surface area (Å²) < 4.78 is 9.80. The summed E-state index contributed by atoms with van der Waals surface area (Å²) in [6.07, 6.45) is 2.45. The third kappa shape index (κ3) is 2.22. The van der Waals surface area contributed by atoms with Crippen LogP contribution < -0.4 is 0 Å². The van der Waals surface area contributed by atoms with Gasteiger partial charge >= 0.3 is 11.9 Å². The molecule has 0 aliphatic carbocycles. The molecule has 0 aromatic carbocycles. The summed E-state index contributed by atoms with van der Waals surface area (Å²) in [5, 5.41) is 0. The van der Waals surface area contributed by atoms with E-state index >= 15 is 0 Å². The quantitative estimate of drug-likeness (QED) is 0.493. The SMILES string of the molecule is C/C=C(/C)[C@H]1OC(=O)C=C1OC(C)=O. The number of ether oxygens (including phenoxy) is 2. The Balaban J connectivity index is 2.84. The second kappa shape index (κ2) is 4.09. The van der Waals surface area contributed by atoms with Gasteiger partial charge in [-0.15, -0.1) is 0 Å². The van der Waals surface area contributed by atoms with E-state index in [9.17, 15) is 9.59 Å². The first-order valence-corrected chi connectivity index (χ1v) is 4.28. The molecule has 0 aromatic rings. The summed E-state index contributed by atoms with van der Waals surface area (Å²) in [6.45, 7) is 4.92. The zero-order chi connectivity index (χ0) is 10.7. The van der Waals surface area contributed by atoms with Gasteiger partial charge in [0, 0.05) is 6.92 Å². The predicted octanol–water partition coefficient (Wildman–Crippen LogP) is 1.32. The first-order valence-electron chi connectivity index (χ1n) is 4.28. The molecule has 4 nitrogen and oxygen atoms in total. The van der Waals surface area contributed by atoms with Crippen molar-refractivity contribution in [2.24, 2.45) is 0 Å². The zero-order valence-electron chi connectivity index (χ0n) is 8.37. The number of allylic oxidation sites excluding steroid dienone is 1. The highest BCUT2D eigenvalue weighted by molar-refractivity contribution is 5.86. The minimum absolute atomic E-state index is 0.262. The molecule has 1 aliphatic rings. The number of rotatable bonds is 2. The average molecular weight is 196 g/mol. The second-order valence-electron chi connectivity index (χ2n) is 2.99. The maximum atomic E-state index is 10.9. The van der Waals surface area contributed by atoms with Crippen LogP contribution in [0.2, 0.25) is 0 Å². The van der Waals surface area contributed by atoms with E-state index in [2.05, 4.69) is 0 Å². The minimum atomic E-state index is -0.545. The Hall–Kier alpha value is -1.58. The van der Waals surface area contributed by atoms with Crippen molar-refractivity contribution in [3.63, 3.8) is 0 Å². The van der Waals surface area contributed by atoms with Gasteiger partial charge in [0.05, 0.1) is 6.08 Å². The highest BCUT2D eigenvalue weighted by Gasteiger charge is 2.29. The summed E-state index contributed by atoms with van der Waals surface area (Å²) in [4.78, 5) is 21.7. The fraction of sp³-hybridized carbons (Fsp3) is 0.400. The Morgan fingerprint density at radius 1 is 1.57 bits per heavy atom. The Morgan fingerprint density at radius 2 is 2.21 bits per heavy atom. The van der Waals surface area contributed by atoms with Gasteiger partial charge in [0.15, 0.2) is 11.9 Å². The Labute approximate surface area is 82.2 Å². The number of hydrogen-bond donors (Lipinski definition) is 0. The van der Waals surface area contributed by atoms with Gasteiger partial charge in [0.25, 0.3) is 0 Å². The number of cyclic esters (lactones) is 1. The van der Waals surface area contributed by atoms with Gasteiger partial charge in [-0.3, -0.25) is 4.79 Å². The Bertz CT molecular complexity index is 325. The third-order valence-corrected chi connectivity index (χ3v) is 1.88. The molecule has 0 aromatic heterocycles. The van der Waals surface area contributed by atoms with Gasteiger partial charge in [-0.25, -0.2) is 4.79 Å². The second-order valence-corrected chi connectivity index (χ2v) is 2.99. The van der Waals surface area contributed by atoms with Crippen molar-refractivity contribution in [2.75, 3.05) is 0 Å². The lowest BCUT2D eigenvalue weighted by Gasteiger charge is -2.13. The van der Waals surface area contributed by atoms with E-state index in [0.29, 0.717) is 0 Å². The van der Waals surface area contributed by atoms with Crippen molar-refractivity contribution < 1.29 is 19.1 Å². The first-order chi connectivity index (χ1) is 6.54. The third-order valence-electron chi connectivity index (χ3n) is 1.88. The summed E-state index contributed by atoms with van der Waals surface area (Å²) >= 11 is 0. The van der Waals surface area contributed by atoms with Crippen LogP contribution in [0.4, 0.5) is 0 Å². The lowest BCUT2D eigenvalue weighted by atomic mass is 10.1. The van der Waals surface area contributed by atoms with Crippen molar-refractivity contribution in [2.45, 2.75) is 26.9 Å². The topological polar surface area (TPSA) is 52.6 Å². The first kappa shape index (κ1) is 10.5. The molecule has 0 amide bonds. The number of carbonyl (C=O) groups excluding carboxylic acids is 2. The molecule has 0 unspecified atom stereocenters. The number of hydrogen-bond acceptors (Lipinski definition) is 4. The molecule has 1 atom stereocenters. The van der Waals surface area contributed by atoms with Crippen LogP contribution in [0.1, 0.15) is 20.8 Å². The molecule has 14 heavy (non-hydrogen) atoms. The van der Waals surface area contributed by atoms with Gasteiger partial charge in [0.2, 0.25) is 0 Å². The Morgan fingerprint density at radius 3 is 2.71 bits per heavy atom. The summed E-state index contributed by atoms with van der Waals surface area (Å²) in [5.74, 6) is -0.672. The van der Waals surface area contributed by atoms with E-state index in [1.165, 1.54) is 13.0 Å². The molecule has 0 spiro atoms. The van der Waals surface area contributed by atoms with Crippen LogP contribution in [0, 0.1) is 0 Å². The molecule has 0 bridgehead atoms. The van der Waals surface area contributed by atoms with Crippen molar-refractivity contribution >= 4 is 11.9 Å². The van der Waals surface area contributed by atoms with Crippen molar-refractivity contribution in [3.05, 3.63) is 23.5 Å². The van der Waals surface area contributed by atoms with E-state index in [-0.39, 0.29) is 5.76 Å². The molecule has 0 saturated carbocycles. The highest BCUT2D eigenvalue weighted by atomic mass is 16.6. The average Bonchev–Trinajstić information content (AvgIpc) is 2.44. The summed E-state index contributed by atoms with van der Waals surface area (Å²) in [7, 11) is 0. The van der Waals surface area contributed by atoms with E-state index < -0.39 is 18.0 Å². The van der Waals surface area contributed by atoms with Gasteiger partial charge in [-0.2, -0.15) is 0 Å². The van der Waals surface area contributed by atoms with E-state index in [1.807, 2.05) is 6.92 Å². The van der Waals surface area contributed by atoms with Crippen LogP contribution in [0.25, 0.3) is 0 Å². The zero-order valence-corrected chi connectivity index (χ0v) is 8.37. The lowest BCUT2D eigenvalue weighted by Crippen LogP contribution is -2.16. The smallest absolute Gasteiger partial charge is 0.335 e. The summed E-state index contributed by atoms with van der Waals surface area (Å²) in [5.41, 5.74) is 0.836. The van der Waals surface area contributed by atoms with Gasteiger partial charge < -0.3 is 9.47 Å². The van der Waals surface area contributed by atoms with Crippen LogP contribution in [0.15, 0.2) is 23.5 Å². The molecule has 4 heteroatoms. The maximum Gasteiger partial charge on any atom is 0.335 e. The molecule has 76 valence electrons. The van der Waals surface area contributed by atoms with E-state index in [4.69, 9.17) is 9.47 Å². The molecule has 1 heterocycles. The van der Waals surface area contributed by atoms with Crippen LogP contribution in [0.5, 0.6) is 0 Å². The number of esters is 2. The molecule has 0 fully saturated rings. The fourth-order valence-electron chi connectivity index (χ4n) is 1.12. The predicted molar refractivity (Wildman–Crippen MR) is 49.2 cm³/mol. The molecule has 1 aliphatic heterocycles. The minimum Gasteiger partial charge on any atom is -0.446 e. The fourth-order valence-corrected chi connectivity index (χ4v) is 1.12. The van der Waals surface area contributed by atoms with E-state index in [0.717, 1.165) is 5.57 Å². The summed E-state index contributed by atoms with van der Waals surface area (Å²) in [6, 6.07) is 0. The monoisotopic (exact) mass is 196 g/mol. The van der Waals surface area contributed by atoms with Gasteiger partial charge in [0.1, 0.15) is 0 Å². The van der Waals surface area contributed by atoms with E-state index in [1.54, 1.807) is 13.0 Å². The molecular formula is C10H12O4. The molecule has 0 radical (unpaired) electrons. The van der Waals surface area contributed by atoms with Gasteiger partial charge in [-0.1, -0.05) is 6.08 Å². The van der Waals surface area contributed by atoms with Crippen LogP contribution >= 0.6 is 0 Å². The standard InChI is InChI=1S/C10H12O4/c1-4-6(2)10-8(13-7(3)11)5-9(12)14-10/h4-5,10H,1-3H3/b6-4-/t10-/m1/s1. The Kier molecular flexibility index (Phi) is 3.06. The molecule has 1 rings (SSSR count). The molecule has 0 N–H and O–H groups in total. The van der Waals surface area contributed by atoms with Crippen LogP contribution in [0.3, 0.4) is 0 Å². The van der Waals surface area contributed by atoms with Crippen LogP contribution in [-0.2, 0) is 19.1 Å². The molecule has 0 saturated heterocycles. The lowest BCUT2D eigenvalue weighted by molar-refractivity contribution is -0.142. The van der Waals surface area contributed by atoms with Crippen molar-refractivity contribution in [3.8, 4) is 0 Å². The van der Waals surface area contributed by atoms with Crippen molar-refractivity contribution in [1.82, 2.24) is 0 Å². The maximum absolute atomic E-state index is 10.9. The highest BCUT2D eigenvalue weighted by Crippen LogP contribution is 2.23. The normalized spacial score (nSPS) is 21.6. The van der Waals surface area contributed by atoms with Gasteiger partial charge in [-0.05, 0) is 19.4 Å². The molecular weight excluding hydrogens is 184 g/mol. The van der Waals surface area contributed by atoms with Crippen molar-refractivity contribution in [1.29, 1.82) is 0 Å².